The van der Waals surface area contributed by atoms with Crippen molar-refractivity contribution in [2.75, 3.05) is 5.32 Å². The number of nitrogens with zero attached hydrogens (tertiary/aromatic N) is 1. The molecular weight excluding hydrogens is 216 g/mol. The predicted molar refractivity (Wildman–Crippen MR) is 67.4 cm³/mol. The molecule has 1 aromatic heterocycles. The summed E-state index contributed by atoms with van der Waals surface area (Å²) < 4.78 is 0. The summed E-state index contributed by atoms with van der Waals surface area (Å²) >= 11 is 0. The van der Waals surface area contributed by atoms with Crippen molar-refractivity contribution in [1.29, 1.82) is 0 Å². The van der Waals surface area contributed by atoms with Gasteiger partial charge < -0.3 is 5.32 Å². The van der Waals surface area contributed by atoms with Gasteiger partial charge in [-0.3, -0.25) is 9.59 Å². The van der Waals surface area contributed by atoms with Crippen molar-refractivity contribution < 1.29 is 9.59 Å². The van der Waals surface area contributed by atoms with Crippen LogP contribution in [0.1, 0.15) is 26.3 Å². The van der Waals surface area contributed by atoms with Crippen LogP contribution in [-0.4, -0.2) is 17.2 Å². The van der Waals surface area contributed by atoms with E-state index in [9.17, 15) is 9.59 Å². The van der Waals surface area contributed by atoms with E-state index in [1.807, 2.05) is 20.8 Å². The van der Waals surface area contributed by atoms with Crippen molar-refractivity contribution in [3.05, 3.63) is 30.0 Å². The first-order chi connectivity index (χ1) is 7.93. The first-order valence-corrected chi connectivity index (χ1v) is 5.33. The summed E-state index contributed by atoms with van der Waals surface area (Å²) in [5, 5.41) is 2.72. The maximum Gasteiger partial charge on any atom is 0.230 e. The number of anilines is 1. The van der Waals surface area contributed by atoms with Crippen LogP contribution in [0.15, 0.2) is 24.4 Å². The van der Waals surface area contributed by atoms with Gasteiger partial charge in [-0.15, -0.1) is 0 Å². The largest absolute Gasteiger partial charge is 0.310 e. The molecule has 1 amide bonds. The number of pyridine rings is 1. The second kappa shape index (κ2) is 5.39. The number of hydrogen-bond acceptors (Lipinski definition) is 3. The average molecular weight is 232 g/mol. The van der Waals surface area contributed by atoms with Crippen LogP contribution >= 0.6 is 0 Å². The van der Waals surface area contributed by atoms with Crippen LogP contribution in [0.4, 0.5) is 5.82 Å². The van der Waals surface area contributed by atoms with E-state index in [0.717, 1.165) is 5.56 Å². The number of allylic oxidation sites excluding steroid dienone is 1. The number of aldehydes is 1. The lowest BCUT2D eigenvalue weighted by molar-refractivity contribution is -0.123. The Kier molecular flexibility index (Phi) is 4.15. The van der Waals surface area contributed by atoms with E-state index in [1.54, 1.807) is 24.4 Å². The van der Waals surface area contributed by atoms with Crippen LogP contribution < -0.4 is 5.32 Å². The Labute approximate surface area is 101 Å². The summed E-state index contributed by atoms with van der Waals surface area (Å²) in [5.41, 5.74) is 0.364. The van der Waals surface area contributed by atoms with Gasteiger partial charge in [-0.1, -0.05) is 26.8 Å². The molecule has 1 heterocycles. The van der Waals surface area contributed by atoms with Crippen LogP contribution in [0.2, 0.25) is 0 Å². The second-order valence-electron chi connectivity index (χ2n) is 4.68. The van der Waals surface area contributed by atoms with E-state index >= 15 is 0 Å². The smallest absolute Gasteiger partial charge is 0.230 e. The molecule has 4 nitrogen and oxygen atoms in total. The molecule has 0 spiro atoms. The fourth-order valence-electron chi connectivity index (χ4n) is 1.03. The minimum atomic E-state index is -0.447. The highest BCUT2D eigenvalue weighted by molar-refractivity contribution is 5.93. The molecule has 0 unspecified atom stereocenters. The summed E-state index contributed by atoms with van der Waals surface area (Å²) in [6.45, 7) is 5.51. The highest BCUT2D eigenvalue weighted by Gasteiger charge is 2.21. The third kappa shape index (κ3) is 4.18. The first kappa shape index (κ1) is 13.1. The van der Waals surface area contributed by atoms with Crippen molar-refractivity contribution in [2.45, 2.75) is 20.8 Å². The van der Waals surface area contributed by atoms with Gasteiger partial charge in [0.15, 0.2) is 0 Å². The Morgan fingerprint density at radius 2 is 2.06 bits per heavy atom. The molecule has 0 aliphatic carbocycles. The van der Waals surface area contributed by atoms with E-state index < -0.39 is 5.41 Å². The SMILES string of the molecule is CC(C)(C)C(=O)Nc1ccc(/C=C/C=O)cn1. The van der Waals surface area contributed by atoms with Crippen LogP contribution in [0, 0.1) is 5.41 Å². The zero-order chi connectivity index (χ0) is 12.9. The van der Waals surface area contributed by atoms with E-state index in [2.05, 4.69) is 10.3 Å². The number of aromatic nitrogens is 1. The molecule has 0 aromatic carbocycles. The first-order valence-electron chi connectivity index (χ1n) is 5.33. The summed E-state index contributed by atoms with van der Waals surface area (Å²) in [4.78, 5) is 25.9. The van der Waals surface area contributed by atoms with E-state index in [0.29, 0.717) is 12.1 Å². The van der Waals surface area contributed by atoms with Gasteiger partial charge in [0.2, 0.25) is 5.91 Å². The minimum Gasteiger partial charge on any atom is -0.310 e. The summed E-state index contributed by atoms with van der Waals surface area (Å²) in [6, 6.07) is 3.49. The molecule has 1 N–H and O–H groups in total. The molecule has 0 aliphatic rings. The molecule has 0 fully saturated rings. The van der Waals surface area contributed by atoms with Crippen molar-refractivity contribution in [3.63, 3.8) is 0 Å². The van der Waals surface area contributed by atoms with E-state index in [1.165, 1.54) is 6.08 Å². The van der Waals surface area contributed by atoms with Gasteiger partial charge in [0, 0.05) is 11.6 Å². The Bertz CT molecular complexity index is 428. The second-order valence-corrected chi connectivity index (χ2v) is 4.68. The molecule has 0 saturated heterocycles. The van der Waals surface area contributed by atoms with Crippen molar-refractivity contribution in [3.8, 4) is 0 Å². The molecule has 0 atom stereocenters. The fraction of sp³-hybridized carbons (Fsp3) is 0.308. The van der Waals surface area contributed by atoms with Gasteiger partial charge in [0.1, 0.15) is 12.1 Å². The third-order valence-corrected chi connectivity index (χ3v) is 2.08. The van der Waals surface area contributed by atoms with Crippen LogP contribution in [0.5, 0.6) is 0 Å². The van der Waals surface area contributed by atoms with Gasteiger partial charge in [-0.25, -0.2) is 4.98 Å². The number of hydrogen-bond donors (Lipinski definition) is 1. The third-order valence-electron chi connectivity index (χ3n) is 2.08. The zero-order valence-corrected chi connectivity index (χ0v) is 10.2. The van der Waals surface area contributed by atoms with Crippen LogP contribution in [0.25, 0.3) is 6.08 Å². The van der Waals surface area contributed by atoms with Gasteiger partial charge in [0.05, 0.1) is 0 Å². The minimum absolute atomic E-state index is 0.0822. The molecule has 0 bridgehead atoms. The lowest BCUT2D eigenvalue weighted by Crippen LogP contribution is -2.27. The highest BCUT2D eigenvalue weighted by Crippen LogP contribution is 2.16. The summed E-state index contributed by atoms with van der Waals surface area (Å²) in [7, 11) is 0. The lowest BCUT2D eigenvalue weighted by atomic mass is 9.96. The standard InChI is InChI=1S/C13H16N2O2/c1-13(2,3)12(17)15-11-7-6-10(9-14-11)5-4-8-16/h4-9H,1-3H3,(H,14,15,17)/b5-4+. The molecule has 1 rings (SSSR count). The number of amides is 1. The molecule has 1 aromatic rings. The zero-order valence-electron chi connectivity index (χ0n) is 10.2. The quantitative estimate of drug-likeness (QED) is 0.642. The summed E-state index contributed by atoms with van der Waals surface area (Å²) in [6.07, 6.45) is 5.34. The van der Waals surface area contributed by atoms with E-state index in [-0.39, 0.29) is 5.91 Å². The molecule has 90 valence electrons. The maximum absolute atomic E-state index is 11.7. The molecular formula is C13H16N2O2. The fourth-order valence-corrected chi connectivity index (χ4v) is 1.03. The Balaban J connectivity index is 2.72. The number of rotatable bonds is 3. The van der Waals surface area contributed by atoms with Gasteiger partial charge in [0.25, 0.3) is 0 Å². The monoisotopic (exact) mass is 232 g/mol. The van der Waals surface area contributed by atoms with Crippen LogP contribution in [0.3, 0.4) is 0 Å². The lowest BCUT2D eigenvalue weighted by Gasteiger charge is -2.17. The Hall–Kier alpha value is -1.97. The summed E-state index contributed by atoms with van der Waals surface area (Å²) in [5.74, 6) is 0.425. The van der Waals surface area contributed by atoms with Gasteiger partial charge in [-0.2, -0.15) is 0 Å². The average Bonchev–Trinajstić information content (AvgIpc) is 2.27. The Morgan fingerprint density at radius 3 is 2.53 bits per heavy atom. The molecule has 4 heteroatoms. The van der Waals surface area contributed by atoms with Gasteiger partial charge in [-0.05, 0) is 23.8 Å². The maximum atomic E-state index is 11.7. The van der Waals surface area contributed by atoms with E-state index in [4.69, 9.17) is 0 Å². The van der Waals surface area contributed by atoms with Crippen molar-refractivity contribution >= 4 is 24.1 Å². The molecule has 0 saturated carbocycles. The van der Waals surface area contributed by atoms with Crippen molar-refractivity contribution in [2.24, 2.45) is 5.41 Å². The molecule has 0 radical (unpaired) electrons. The van der Waals surface area contributed by atoms with Gasteiger partial charge >= 0.3 is 0 Å². The number of carbonyl (C=O) groups excluding carboxylic acids is 2. The topological polar surface area (TPSA) is 59.1 Å². The highest BCUT2D eigenvalue weighted by atomic mass is 16.2. The van der Waals surface area contributed by atoms with Crippen LogP contribution in [-0.2, 0) is 9.59 Å². The molecule has 17 heavy (non-hydrogen) atoms. The predicted octanol–water partition coefficient (Wildman–Crippen LogP) is 2.28. The van der Waals surface area contributed by atoms with Crippen molar-refractivity contribution in [1.82, 2.24) is 4.98 Å². The number of nitrogens with one attached hydrogen (secondary N) is 1. The Morgan fingerprint density at radius 1 is 1.35 bits per heavy atom. The molecule has 0 aliphatic heterocycles. The number of carbonyl (C=O) groups is 2. The normalized spacial score (nSPS) is 11.5.